The second-order valence-electron chi connectivity index (χ2n) is 3.08. The number of hydrogen-bond donors (Lipinski definition) is 1. The predicted octanol–water partition coefficient (Wildman–Crippen LogP) is 1.55. The second-order valence-corrected chi connectivity index (χ2v) is 3.08. The molecule has 0 saturated heterocycles. The maximum Gasteiger partial charge on any atom is 0.123 e. The SMILES string of the molecule is C=c1c(C)cc(O)c(C=CC)c1=C. The molecular formula is C12H14O. The molecule has 1 aromatic rings. The third-order valence-corrected chi connectivity index (χ3v) is 2.13. The number of aryl methyl sites for hydroxylation is 1. The fourth-order valence-corrected chi connectivity index (χ4v) is 1.28. The summed E-state index contributed by atoms with van der Waals surface area (Å²) in [6.07, 6.45) is 3.71. The van der Waals surface area contributed by atoms with E-state index >= 15 is 0 Å². The summed E-state index contributed by atoms with van der Waals surface area (Å²) in [5.74, 6) is 0.271. The number of aromatic hydroxyl groups is 1. The van der Waals surface area contributed by atoms with Gasteiger partial charge in [0.1, 0.15) is 5.75 Å². The Labute approximate surface area is 78.3 Å². The van der Waals surface area contributed by atoms with Crippen LogP contribution in [0, 0.1) is 6.92 Å². The summed E-state index contributed by atoms with van der Waals surface area (Å²) in [4.78, 5) is 0. The van der Waals surface area contributed by atoms with E-state index in [1.807, 2.05) is 26.0 Å². The minimum absolute atomic E-state index is 0.271. The first-order valence-corrected chi connectivity index (χ1v) is 4.21. The molecule has 0 fully saturated rings. The highest BCUT2D eigenvalue weighted by atomic mass is 16.3. The third-order valence-electron chi connectivity index (χ3n) is 2.13. The van der Waals surface area contributed by atoms with E-state index in [1.165, 1.54) is 0 Å². The van der Waals surface area contributed by atoms with Crippen molar-refractivity contribution in [2.75, 3.05) is 0 Å². The Balaban J connectivity index is 3.63. The normalized spacial score (nSPS) is 10.9. The molecule has 0 radical (unpaired) electrons. The van der Waals surface area contributed by atoms with Crippen LogP contribution in [0.2, 0.25) is 0 Å². The van der Waals surface area contributed by atoms with E-state index in [0.29, 0.717) is 0 Å². The molecule has 1 N–H and O–H groups in total. The molecule has 1 nitrogen and oxygen atoms in total. The molecule has 0 bridgehead atoms. The summed E-state index contributed by atoms with van der Waals surface area (Å²) >= 11 is 0. The largest absolute Gasteiger partial charge is 0.507 e. The number of benzene rings is 1. The third kappa shape index (κ3) is 1.64. The molecule has 0 aliphatic rings. The minimum atomic E-state index is 0.271. The van der Waals surface area contributed by atoms with Crippen molar-refractivity contribution in [1.82, 2.24) is 0 Å². The number of rotatable bonds is 1. The fraction of sp³-hybridized carbons (Fsp3) is 0.167. The predicted molar refractivity (Wildman–Crippen MR) is 57.8 cm³/mol. The quantitative estimate of drug-likeness (QED) is 0.685. The van der Waals surface area contributed by atoms with E-state index in [4.69, 9.17) is 0 Å². The smallest absolute Gasteiger partial charge is 0.123 e. The molecule has 0 atom stereocenters. The van der Waals surface area contributed by atoms with E-state index in [2.05, 4.69) is 13.2 Å². The van der Waals surface area contributed by atoms with Gasteiger partial charge in [0.2, 0.25) is 0 Å². The summed E-state index contributed by atoms with van der Waals surface area (Å²) in [7, 11) is 0. The van der Waals surface area contributed by atoms with E-state index in [1.54, 1.807) is 6.07 Å². The lowest BCUT2D eigenvalue weighted by molar-refractivity contribution is 0.473. The van der Waals surface area contributed by atoms with Crippen molar-refractivity contribution < 1.29 is 5.11 Å². The first-order valence-electron chi connectivity index (χ1n) is 4.21. The van der Waals surface area contributed by atoms with Crippen LogP contribution in [0.25, 0.3) is 19.2 Å². The zero-order valence-electron chi connectivity index (χ0n) is 8.09. The van der Waals surface area contributed by atoms with Gasteiger partial charge in [0.15, 0.2) is 0 Å². The Morgan fingerprint density at radius 2 is 1.92 bits per heavy atom. The standard InChI is InChI=1S/C12H14O/c1-5-6-11-10(4)9(3)8(2)7-12(11)13/h5-7,13H,3-4H2,1-2H3. The first kappa shape index (κ1) is 9.59. The summed E-state index contributed by atoms with van der Waals surface area (Å²) in [5, 5.41) is 11.3. The van der Waals surface area contributed by atoms with Crippen LogP contribution in [0.15, 0.2) is 12.1 Å². The van der Waals surface area contributed by atoms with Gasteiger partial charge in [0.05, 0.1) is 0 Å². The molecule has 0 aromatic heterocycles. The second kappa shape index (κ2) is 3.48. The van der Waals surface area contributed by atoms with Gasteiger partial charge in [-0.3, -0.25) is 0 Å². The molecule has 0 unspecified atom stereocenters. The van der Waals surface area contributed by atoms with Crippen LogP contribution >= 0.6 is 0 Å². The van der Waals surface area contributed by atoms with Gasteiger partial charge >= 0.3 is 0 Å². The lowest BCUT2D eigenvalue weighted by atomic mass is 10.1. The van der Waals surface area contributed by atoms with Gasteiger partial charge in [-0.25, -0.2) is 0 Å². The summed E-state index contributed by atoms with van der Waals surface area (Å²) in [6, 6.07) is 1.71. The highest BCUT2D eigenvalue weighted by molar-refractivity contribution is 5.59. The van der Waals surface area contributed by atoms with Crippen molar-refractivity contribution in [3.63, 3.8) is 0 Å². The van der Waals surface area contributed by atoms with Crippen LogP contribution in [-0.4, -0.2) is 5.11 Å². The lowest BCUT2D eigenvalue weighted by Gasteiger charge is -2.03. The topological polar surface area (TPSA) is 20.2 Å². The van der Waals surface area contributed by atoms with Crippen LogP contribution < -0.4 is 10.4 Å². The monoisotopic (exact) mass is 174 g/mol. The van der Waals surface area contributed by atoms with Crippen LogP contribution in [0.5, 0.6) is 5.75 Å². The van der Waals surface area contributed by atoms with Crippen molar-refractivity contribution in [3.05, 3.63) is 33.7 Å². The highest BCUT2D eigenvalue weighted by Gasteiger charge is 2.00. The number of hydrogen-bond acceptors (Lipinski definition) is 1. The zero-order valence-corrected chi connectivity index (χ0v) is 8.09. The van der Waals surface area contributed by atoms with Crippen LogP contribution in [0.3, 0.4) is 0 Å². The maximum atomic E-state index is 9.61. The van der Waals surface area contributed by atoms with Gasteiger partial charge < -0.3 is 5.11 Å². The van der Waals surface area contributed by atoms with E-state index in [-0.39, 0.29) is 5.75 Å². The van der Waals surface area contributed by atoms with Crippen molar-refractivity contribution >= 4 is 19.2 Å². The summed E-state index contributed by atoms with van der Waals surface area (Å²) < 4.78 is 0. The number of phenolic OH excluding ortho intramolecular Hbond substituents is 1. The molecule has 1 rings (SSSR count). The molecule has 68 valence electrons. The first-order chi connectivity index (χ1) is 6.07. The molecule has 0 saturated carbocycles. The van der Waals surface area contributed by atoms with Crippen molar-refractivity contribution in [2.24, 2.45) is 0 Å². The highest BCUT2D eigenvalue weighted by Crippen LogP contribution is 2.13. The number of phenols is 1. The molecule has 1 heteroatoms. The van der Waals surface area contributed by atoms with Gasteiger partial charge in [-0.1, -0.05) is 25.3 Å². The van der Waals surface area contributed by atoms with Crippen molar-refractivity contribution in [2.45, 2.75) is 13.8 Å². The van der Waals surface area contributed by atoms with Crippen LogP contribution in [0.1, 0.15) is 18.1 Å². The van der Waals surface area contributed by atoms with Crippen molar-refractivity contribution in [1.29, 1.82) is 0 Å². The average Bonchev–Trinajstić information content (AvgIpc) is 2.09. The lowest BCUT2D eigenvalue weighted by Crippen LogP contribution is -2.26. The van der Waals surface area contributed by atoms with E-state index in [9.17, 15) is 5.11 Å². The molecule has 0 aliphatic heterocycles. The molecule has 0 aliphatic carbocycles. The summed E-state index contributed by atoms with van der Waals surface area (Å²) in [5.41, 5.74) is 1.73. The van der Waals surface area contributed by atoms with E-state index < -0.39 is 0 Å². The average molecular weight is 174 g/mol. The molecule has 13 heavy (non-hydrogen) atoms. The van der Waals surface area contributed by atoms with Gasteiger partial charge in [-0.15, -0.1) is 0 Å². The molecule has 0 spiro atoms. The fourth-order valence-electron chi connectivity index (χ4n) is 1.28. The number of allylic oxidation sites excluding steroid dienone is 1. The Morgan fingerprint density at radius 1 is 1.31 bits per heavy atom. The van der Waals surface area contributed by atoms with Crippen molar-refractivity contribution in [3.8, 4) is 5.75 Å². The van der Waals surface area contributed by atoms with Gasteiger partial charge in [0.25, 0.3) is 0 Å². The zero-order chi connectivity index (χ0) is 10.0. The van der Waals surface area contributed by atoms with Crippen LogP contribution in [-0.2, 0) is 0 Å². The van der Waals surface area contributed by atoms with E-state index in [0.717, 1.165) is 21.6 Å². The molecule has 0 heterocycles. The Morgan fingerprint density at radius 3 is 2.46 bits per heavy atom. The Bertz CT molecular complexity index is 441. The summed E-state index contributed by atoms with van der Waals surface area (Å²) in [6.45, 7) is 11.6. The van der Waals surface area contributed by atoms with Crippen LogP contribution in [0.4, 0.5) is 0 Å². The Kier molecular flexibility index (Phi) is 2.57. The van der Waals surface area contributed by atoms with Gasteiger partial charge in [-0.2, -0.15) is 0 Å². The molecule has 0 amide bonds. The Hall–Kier alpha value is -1.50. The van der Waals surface area contributed by atoms with Gasteiger partial charge in [-0.05, 0) is 35.9 Å². The van der Waals surface area contributed by atoms with Gasteiger partial charge in [0, 0.05) is 5.56 Å². The molecular weight excluding hydrogens is 160 g/mol. The maximum absolute atomic E-state index is 9.61. The minimum Gasteiger partial charge on any atom is -0.507 e. The molecule has 1 aromatic carbocycles.